The molecule has 1 nitrogen and oxygen atoms in total. The predicted octanol–water partition coefficient (Wildman–Crippen LogP) is 11.3. The maximum atomic E-state index is 12.3. The average Bonchev–Trinajstić information content (AvgIpc) is 3.01. The van der Waals surface area contributed by atoms with Crippen molar-refractivity contribution in [3.63, 3.8) is 0 Å². The van der Waals surface area contributed by atoms with Crippen molar-refractivity contribution < 1.29 is 9.13 Å². The van der Waals surface area contributed by atoms with Crippen LogP contribution in [0.1, 0.15) is 146 Å². The highest BCUT2D eigenvalue weighted by Gasteiger charge is 2.34. The van der Waals surface area contributed by atoms with Gasteiger partial charge in [-0.3, -0.25) is 4.39 Å². The Morgan fingerprint density at radius 2 is 1.05 bits per heavy atom. The lowest BCUT2D eigenvalue weighted by Crippen LogP contribution is -2.29. The molecule has 1 aromatic rings. The second kappa shape index (κ2) is 17.9. The van der Waals surface area contributed by atoms with Crippen LogP contribution in [0.25, 0.3) is 0 Å². The topological polar surface area (TPSA) is 9.23 Å². The Morgan fingerprint density at radius 1 is 0.600 bits per heavy atom. The molecule has 3 fully saturated rings. The zero-order valence-corrected chi connectivity index (χ0v) is 26.4. The average molecular weight is 555 g/mol. The molecule has 2 heteroatoms. The van der Waals surface area contributed by atoms with E-state index in [1.54, 1.807) is 0 Å². The van der Waals surface area contributed by atoms with E-state index in [1.165, 1.54) is 133 Å². The van der Waals surface area contributed by atoms with Crippen LogP contribution in [0.5, 0.6) is 0 Å². The largest absolute Gasteiger partial charge is 0.382 e. The molecule has 3 aliphatic carbocycles. The highest BCUT2D eigenvalue weighted by atomic mass is 19.1. The van der Waals surface area contributed by atoms with Crippen molar-refractivity contribution in [2.75, 3.05) is 13.8 Å². The zero-order valence-electron chi connectivity index (χ0n) is 26.4. The van der Waals surface area contributed by atoms with E-state index >= 15 is 0 Å². The van der Waals surface area contributed by atoms with Crippen LogP contribution in [0.3, 0.4) is 0 Å². The molecule has 0 spiro atoms. The van der Waals surface area contributed by atoms with Gasteiger partial charge in [0.15, 0.2) is 0 Å². The fourth-order valence-electron chi connectivity index (χ4n) is 8.82. The fraction of sp³-hybridized carbons (Fsp3) is 0.842. The second-order valence-corrected chi connectivity index (χ2v) is 14.4. The molecule has 0 saturated heterocycles. The Balaban J connectivity index is 1.05. The number of ether oxygens (including phenoxy) is 1. The van der Waals surface area contributed by atoms with Gasteiger partial charge in [0, 0.05) is 7.11 Å². The SMILES string of the molecule is COC(C)CCCc1ccc(CCC2CCC(C3CCC(C4CCC(CCCCCCF)CC4)CC3)CC2)cc1. The smallest absolute Gasteiger partial charge is 0.0894 e. The van der Waals surface area contributed by atoms with Crippen LogP contribution in [0.2, 0.25) is 0 Å². The quantitative estimate of drug-likeness (QED) is 0.185. The Hall–Kier alpha value is -0.890. The monoisotopic (exact) mass is 554 g/mol. The number of halogens is 1. The Bertz CT molecular complexity index is 765. The summed E-state index contributed by atoms with van der Waals surface area (Å²) in [5.41, 5.74) is 3.02. The van der Waals surface area contributed by atoms with Crippen LogP contribution in [0, 0.1) is 35.5 Å². The first-order chi connectivity index (χ1) is 19.6. The summed E-state index contributed by atoms with van der Waals surface area (Å²) in [5.74, 6) is 6.09. The molecule has 0 aromatic heterocycles. The summed E-state index contributed by atoms with van der Waals surface area (Å²) < 4.78 is 17.7. The van der Waals surface area contributed by atoms with Gasteiger partial charge in [0.2, 0.25) is 0 Å². The number of aryl methyl sites for hydroxylation is 2. The molecule has 228 valence electrons. The summed E-state index contributed by atoms with van der Waals surface area (Å²) in [5, 5.41) is 0. The lowest BCUT2D eigenvalue weighted by Gasteiger charge is -2.41. The van der Waals surface area contributed by atoms with Crippen molar-refractivity contribution in [3.05, 3.63) is 35.4 Å². The predicted molar refractivity (Wildman–Crippen MR) is 170 cm³/mol. The van der Waals surface area contributed by atoms with E-state index in [2.05, 4.69) is 31.2 Å². The first-order valence-corrected chi connectivity index (χ1v) is 17.8. The van der Waals surface area contributed by atoms with Gasteiger partial charge in [0.1, 0.15) is 0 Å². The summed E-state index contributed by atoms with van der Waals surface area (Å²) in [7, 11) is 1.81. The number of methoxy groups -OCH3 is 1. The highest BCUT2D eigenvalue weighted by molar-refractivity contribution is 5.22. The van der Waals surface area contributed by atoms with Crippen molar-refractivity contribution in [1.29, 1.82) is 0 Å². The lowest BCUT2D eigenvalue weighted by atomic mass is 9.64. The molecule has 40 heavy (non-hydrogen) atoms. The van der Waals surface area contributed by atoms with Gasteiger partial charge in [-0.2, -0.15) is 0 Å². The van der Waals surface area contributed by atoms with Crippen LogP contribution < -0.4 is 0 Å². The normalized spacial score (nSPS) is 30.3. The highest BCUT2D eigenvalue weighted by Crippen LogP contribution is 2.46. The molecular formula is C38H63FO. The molecule has 0 bridgehead atoms. The molecule has 1 atom stereocenters. The van der Waals surface area contributed by atoms with Crippen LogP contribution in [0.4, 0.5) is 4.39 Å². The number of hydrogen-bond donors (Lipinski definition) is 0. The second-order valence-electron chi connectivity index (χ2n) is 14.4. The van der Waals surface area contributed by atoms with Crippen molar-refractivity contribution >= 4 is 0 Å². The molecular weight excluding hydrogens is 491 g/mol. The minimum atomic E-state index is -0.124. The molecule has 3 saturated carbocycles. The van der Waals surface area contributed by atoms with Gasteiger partial charge in [-0.05, 0) is 143 Å². The maximum Gasteiger partial charge on any atom is 0.0894 e. The molecule has 1 unspecified atom stereocenters. The third kappa shape index (κ3) is 10.7. The van der Waals surface area contributed by atoms with Crippen LogP contribution in [0.15, 0.2) is 24.3 Å². The van der Waals surface area contributed by atoms with E-state index in [0.717, 1.165) is 54.8 Å². The number of benzene rings is 1. The first-order valence-electron chi connectivity index (χ1n) is 17.8. The molecule has 0 heterocycles. The van der Waals surface area contributed by atoms with Crippen molar-refractivity contribution in [1.82, 2.24) is 0 Å². The van der Waals surface area contributed by atoms with Crippen LogP contribution >= 0.6 is 0 Å². The standard InChI is InChI=1S/C38H63FO/c1-30(40-2)8-7-10-32-11-13-33(14-12-32)15-16-34-19-23-36(24-20-34)38-27-25-37(26-28-38)35-21-17-31(18-22-35)9-5-3-4-6-29-39/h11-14,30-31,34-38H,3-10,15-29H2,1-2H3. The van der Waals surface area contributed by atoms with Gasteiger partial charge < -0.3 is 4.74 Å². The Morgan fingerprint density at radius 3 is 1.55 bits per heavy atom. The summed E-state index contributed by atoms with van der Waals surface area (Å²) in [4.78, 5) is 0. The number of unbranched alkanes of at least 4 members (excludes halogenated alkanes) is 3. The van der Waals surface area contributed by atoms with E-state index in [4.69, 9.17) is 4.74 Å². The summed E-state index contributed by atoms with van der Waals surface area (Å²) in [6, 6.07) is 9.52. The van der Waals surface area contributed by atoms with Gasteiger partial charge >= 0.3 is 0 Å². The maximum absolute atomic E-state index is 12.3. The molecule has 4 rings (SSSR count). The van der Waals surface area contributed by atoms with E-state index in [1.807, 2.05) is 7.11 Å². The minimum absolute atomic E-state index is 0.124. The molecule has 1 aromatic carbocycles. The molecule has 0 amide bonds. The third-order valence-electron chi connectivity index (χ3n) is 11.8. The summed E-state index contributed by atoms with van der Waals surface area (Å²) in [6.45, 7) is 2.04. The Labute approximate surface area is 247 Å². The number of hydrogen-bond acceptors (Lipinski definition) is 1. The van der Waals surface area contributed by atoms with Gasteiger partial charge in [-0.25, -0.2) is 0 Å². The van der Waals surface area contributed by atoms with E-state index in [9.17, 15) is 4.39 Å². The number of rotatable bonds is 16. The van der Waals surface area contributed by atoms with Gasteiger partial charge in [0.05, 0.1) is 12.8 Å². The van der Waals surface area contributed by atoms with Crippen molar-refractivity contribution in [2.24, 2.45) is 35.5 Å². The molecule has 0 N–H and O–H groups in total. The first kappa shape index (κ1) is 32.0. The van der Waals surface area contributed by atoms with Gasteiger partial charge in [0.25, 0.3) is 0 Å². The van der Waals surface area contributed by atoms with Crippen molar-refractivity contribution in [2.45, 2.75) is 154 Å². The lowest BCUT2D eigenvalue weighted by molar-refractivity contribution is 0.102. The van der Waals surface area contributed by atoms with E-state index in [-0.39, 0.29) is 6.67 Å². The molecule has 0 radical (unpaired) electrons. The van der Waals surface area contributed by atoms with Gasteiger partial charge in [-0.1, -0.05) is 75.6 Å². The molecule has 0 aliphatic heterocycles. The Kier molecular flexibility index (Phi) is 14.4. The number of alkyl halides is 1. The van der Waals surface area contributed by atoms with Crippen molar-refractivity contribution in [3.8, 4) is 0 Å². The minimum Gasteiger partial charge on any atom is -0.382 e. The zero-order chi connectivity index (χ0) is 28.0. The van der Waals surface area contributed by atoms with E-state index < -0.39 is 0 Å². The van der Waals surface area contributed by atoms with E-state index in [0.29, 0.717) is 6.10 Å². The van der Waals surface area contributed by atoms with Gasteiger partial charge in [-0.15, -0.1) is 0 Å². The fourth-order valence-corrected chi connectivity index (χ4v) is 8.82. The summed E-state index contributed by atoms with van der Waals surface area (Å²) in [6.07, 6.45) is 30.5. The van der Waals surface area contributed by atoms with Crippen LogP contribution in [-0.4, -0.2) is 19.9 Å². The molecule has 3 aliphatic rings. The summed E-state index contributed by atoms with van der Waals surface area (Å²) >= 11 is 0. The third-order valence-corrected chi connectivity index (χ3v) is 11.8. The van der Waals surface area contributed by atoms with Crippen LogP contribution in [-0.2, 0) is 17.6 Å².